The van der Waals surface area contributed by atoms with Crippen LogP contribution in [0.2, 0.25) is 0 Å². The number of carbonyl (C=O) groups is 1. The largest absolute Gasteiger partial charge is 0.395 e. The topological polar surface area (TPSA) is 115 Å². The molecule has 1 aromatic carbocycles. The number of sulfonamides is 1. The third kappa shape index (κ3) is 5.12. The summed E-state index contributed by atoms with van der Waals surface area (Å²) in [5, 5.41) is 11.2. The molecule has 3 aliphatic rings. The van der Waals surface area contributed by atoms with Crippen molar-refractivity contribution in [2.45, 2.75) is 44.0 Å². The maximum absolute atomic E-state index is 13.4. The number of hydrogen-bond acceptors (Lipinski definition) is 7. The SMILES string of the molecule is CC(CO)S(=O)(=O)Nc1ccc(C(=O)Nc2cccc(N3CC(F)C3)n2)c(N2CCC3(CC2)CC3)c1. The zero-order valence-electron chi connectivity index (χ0n) is 20.3. The minimum Gasteiger partial charge on any atom is -0.395 e. The molecule has 1 saturated carbocycles. The van der Waals surface area contributed by atoms with E-state index in [0.717, 1.165) is 25.9 Å². The zero-order chi connectivity index (χ0) is 25.5. The van der Waals surface area contributed by atoms with E-state index in [1.807, 2.05) is 4.90 Å². The first-order valence-electron chi connectivity index (χ1n) is 12.4. The number of nitrogens with one attached hydrogen (secondary N) is 2. The van der Waals surface area contributed by atoms with Crippen LogP contribution >= 0.6 is 0 Å². The van der Waals surface area contributed by atoms with Crippen LogP contribution in [0.4, 0.5) is 27.4 Å². The predicted molar refractivity (Wildman–Crippen MR) is 138 cm³/mol. The number of hydrogen-bond donors (Lipinski definition) is 3. The molecule has 3 heterocycles. The van der Waals surface area contributed by atoms with E-state index in [1.54, 1.807) is 36.4 Å². The molecule has 2 aliphatic heterocycles. The van der Waals surface area contributed by atoms with Gasteiger partial charge in [-0.2, -0.15) is 0 Å². The molecule has 3 fully saturated rings. The highest BCUT2D eigenvalue weighted by atomic mass is 32.2. The lowest BCUT2D eigenvalue weighted by Crippen LogP contribution is -2.48. The van der Waals surface area contributed by atoms with Gasteiger partial charge in [-0.3, -0.25) is 9.52 Å². The van der Waals surface area contributed by atoms with E-state index >= 15 is 0 Å². The normalized spacial score (nSPS) is 20.1. The van der Waals surface area contributed by atoms with E-state index in [2.05, 4.69) is 19.9 Å². The zero-order valence-corrected chi connectivity index (χ0v) is 21.1. The maximum atomic E-state index is 13.4. The first-order chi connectivity index (χ1) is 17.2. The fourth-order valence-corrected chi connectivity index (χ4v) is 5.63. The van der Waals surface area contributed by atoms with Crippen LogP contribution in [-0.4, -0.2) is 68.6 Å². The molecule has 194 valence electrons. The van der Waals surface area contributed by atoms with Crippen molar-refractivity contribution in [2.24, 2.45) is 5.41 Å². The molecule has 1 spiro atoms. The Labute approximate surface area is 210 Å². The lowest BCUT2D eigenvalue weighted by atomic mass is 9.93. The van der Waals surface area contributed by atoms with Gasteiger partial charge in [0.25, 0.3) is 5.91 Å². The quantitative estimate of drug-likeness (QED) is 0.493. The summed E-state index contributed by atoms with van der Waals surface area (Å²) in [6.07, 6.45) is 3.72. The Kier molecular flexibility index (Phi) is 6.54. The van der Waals surface area contributed by atoms with Gasteiger partial charge in [-0.05, 0) is 68.4 Å². The maximum Gasteiger partial charge on any atom is 0.258 e. The molecule has 1 unspecified atom stereocenters. The van der Waals surface area contributed by atoms with Crippen molar-refractivity contribution in [3.63, 3.8) is 0 Å². The number of alkyl halides is 1. The van der Waals surface area contributed by atoms with Crippen LogP contribution in [0.1, 0.15) is 43.0 Å². The van der Waals surface area contributed by atoms with E-state index in [4.69, 9.17) is 0 Å². The van der Waals surface area contributed by atoms with Crippen LogP contribution in [-0.2, 0) is 10.0 Å². The Morgan fingerprint density at radius 2 is 1.89 bits per heavy atom. The van der Waals surface area contributed by atoms with Crippen molar-refractivity contribution in [1.29, 1.82) is 0 Å². The third-order valence-electron chi connectivity index (χ3n) is 7.55. The molecule has 9 nitrogen and oxygen atoms in total. The number of aliphatic hydroxyl groups excluding tert-OH is 1. The number of carbonyl (C=O) groups excluding carboxylic acids is 1. The van der Waals surface area contributed by atoms with Gasteiger partial charge in [-0.25, -0.2) is 17.8 Å². The summed E-state index contributed by atoms with van der Waals surface area (Å²) in [7, 11) is -3.78. The predicted octanol–water partition coefficient (Wildman–Crippen LogP) is 2.99. The Balaban J connectivity index is 1.39. The average molecular weight is 518 g/mol. The lowest BCUT2D eigenvalue weighted by Gasteiger charge is -2.35. The monoisotopic (exact) mass is 517 g/mol. The Morgan fingerprint density at radius 1 is 1.17 bits per heavy atom. The van der Waals surface area contributed by atoms with Gasteiger partial charge in [0, 0.05) is 13.1 Å². The summed E-state index contributed by atoms with van der Waals surface area (Å²) < 4.78 is 40.8. The number of anilines is 4. The molecule has 1 aliphatic carbocycles. The second-order valence-electron chi connectivity index (χ2n) is 10.2. The summed E-state index contributed by atoms with van der Waals surface area (Å²) >= 11 is 0. The van der Waals surface area contributed by atoms with Gasteiger partial charge in [0.05, 0.1) is 36.6 Å². The first kappa shape index (κ1) is 24.8. The summed E-state index contributed by atoms with van der Waals surface area (Å²) in [6.45, 7) is 3.09. The van der Waals surface area contributed by atoms with Crippen molar-refractivity contribution < 1.29 is 22.7 Å². The first-order valence-corrected chi connectivity index (χ1v) is 13.9. The van der Waals surface area contributed by atoms with Gasteiger partial charge in [0.15, 0.2) is 0 Å². The van der Waals surface area contributed by atoms with E-state index in [1.165, 1.54) is 19.8 Å². The average Bonchev–Trinajstić information content (AvgIpc) is 3.60. The molecule has 1 amide bonds. The van der Waals surface area contributed by atoms with Crippen LogP contribution < -0.4 is 19.8 Å². The molecule has 1 aromatic heterocycles. The van der Waals surface area contributed by atoms with Crippen LogP contribution in [0.5, 0.6) is 0 Å². The highest BCUT2D eigenvalue weighted by Gasteiger charge is 2.44. The molecule has 5 rings (SSSR count). The van der Waals surface area contributed by atoms with Crippen LogP contribution in [0.25, 0.3) is 0 Å². The number of nitrogens with zero attached hydrogens (tertiary/aromatic N) is 3. The number of aliphatic hydroxyl groups is 1. The highest BCUT2D eigenvalue weighted by Crippen LogP contribution is 2.54. The van der Waals surface area contributed by atoms with Crippen LogP contribution in [0.3, 0.4) is 0 Å². The molecular formula is C25H32FN5O4S. The van der Waals surface area contributed by atoms with Crippen molar-refractivity contribution in [1.82, 2.24) is 4.98 Å². The minimum atomic E-state index is -3.78. The molecular weight excluding hydrogens is 485 g/mol. The molecule has 36 heavy (non-hydrogen) atoms. The van der Waals surface area contributed by atoms with Crippen molar-refractivity contribution in [2.75, 3.05) is 52.6 Å². The van der Waals surface area contributed by atoms with E-state index < -0.39 is 28.1 Å². The molecule has 0 radical (unpaired) electrons. The molecule has 2 aromatic rings. The second-order valence-corrected chi connectivity index (χ2v) is 12.3. The Bertz CT molecular complexity index is 1240. The molecule has 3 N–H and O–H groups in total. The molecule has 2 saturated heterocycles. The van der Waals surface area contributed by atoms with Crippen LogP contribution in [0.15, 0.2) is 36.4 Å². The second kappa shape index (κ2) is 9.51. The summed E-state index contributed by atoms with van der Waals surface area (Å²) in [6, 6.07) is 10.1. The smallest absolute Gasteiger partial charge is 0.258 e. The fourth-order valence-electron chi connectivity index (χ4n) is 4.78. The minimum absolute atomic E-state index is 0.289. The lowest BCUT2D eigenvalue weighted by molar-refractivity contribution is 0.102. The van der Waals surface area contributed by atoms with Crippen LogP contribution in [0, 0.1) is 5.41 Å². The summed E-state index contributed by atoms with van der Waals surface area (Å²) in [4.78, 5) is 21.8. The van der Waals surface area contributed by atoms with Crippen molar-refractivity contribution in [3.8, 4) is 0 Å². The number of pyridine rings is 1. The Hall–Kier alpha value is -2.92. The Morgan fingerprint density at radius 3 is 2.53 bits per heavy atom. The van der Waals surface area contributed by atoms with Gasteiger partial charge in [-0.15, -0.1) is 0 Å². The van der Waals surface area contributed by atoms with Gasteiger partial charge in [0.2, 0.25) is 10.0 Å². The van der Waals surface area contributed by atoms with E-state index in [0.29, 0.717) is 34.0 Å². The summed E-state index contributed by atoms with van der Waals surface area (Å²) in [5.41, 5.74) is 1.85. The van der Waals surface area contributed by atoms with Gasteiger partial charge in [-0.1, -0.05) is 6.07 Å². The number of piperidine rings is 1. The fraction of sp³-hybridized carbons (Fsp3) is 0.520. The van der Waals surface area contributed by atoms with Gasteiger partial charge in [0.1, 0.15) is 23.1 Å². The van der Waals surface area contributed by atoms with E-state index in [-0.39, 0.29) is 19.0 Å². The van der Waals surface area contributed by atoms with Crippen molar-refractivity contribution in [3.05, 3.63) is 42.0 Å². The summed E-state index contributed by atoms with van der Waals surface area (Å²) in [5.74, 6) is 0.616. The highest BCUT2D eigenvalue weighted by molar-refractivity contribution is 7.93. The molecule has 0 bridgehead atoms. The molecule has 11 heteroatoms. The number of halogens is 1. The molecule has 1 atom stereocenters. The third-order valence-corrected chi connectivity index (χ3v) is 9.28. The number of rotatable bonds is 8. The standard InChI is InChI=1S/C25H32FN5O4S/c1-17(16-32)36(34,35)29-19-5-6-20(21(13-19)30-11-9-25(7-8-25)10-12-30)24(33)28-22-3-2-4-23(27-22)31-14-18(26)15-31/h2-6,13,17-18,29,32H,7-12,14-16H2,1H3,(H,27,28,33). The number of aromatic nitrogens is 1. The van der Waals surface area contributed by atoms with Crippen molar-refractivity contribution >= 4 is 38.9 Å². The number of benzene rings is 1. The van der Waals surface area contributed by atoms with Gasteiger partial charge >= 0.3 is 0 Å². The number of amides is 1. The van der Waals surface area contributed by atoms with Gasteiger partial charge < -0.3 is 20.2 Å². The van der Waals surface area contributed by atoms with E-state index in [9.17, 15) is 22.7 Å².